The van der Waals surface area contributed by atoms with Crippen molar-refractivity contribution in [2.75, 3.05) is 0 Å². The molecule has 4 nitrogen and oxygen atoms in total. The number of amides is 1. The van der Waals surface area contributed by atoms with Gasteiger partial charge in [0.25, 0.3) is 5.91 Å². The van der Waals surface area contributed by atoms with Gasteiger partial charge < -0.3 is 10.0 Å². The third-order valence-corrected chi connectivity index (χ3v) is 6.96. The average molecular weight is 446 g/mol. The molecule has 1 fully saturated rings. The van der Waals surface area contributed by atoms with Gasteiger partial charge in [0.1, 0.15) is 0 Å². The second-order valence-corrected chi connectivity index (χ2v) is 9.15. The number of fused-ring (bicyclic) bond motifs is 1. The van der Waals surface area contributed by atoms with Crippen LogP contribution < -0.4 is 0 Å². The summed E-state index contributed by atoms with van der Waals surface area (Å²) in [6.07, 6.45) is 5.42. The van der Waals surface area contributed by atoms with Crippen LogP contribution in [0, 0.1) is 0 Å². The Labute approximate surface area is 192 Å². The Balaban J connectivity index is 1.37. The molecule has 1 heterocycles. The first-order chi connectivity index (χ1) is 15.5. The molecule has 5 heteroatoms. The van der Waals surface area contributed by atoms with Crippen LogP contribution in [0.3, 0.4) is 0 Å². The number of nitrogens with zero attached hydrogens (tertiary/aromatic N) is 1. The van der Waals surface area contributed by atoms with Gasteiger partial charge in [0, 0.05) is 18.2 Å². The van der Waals surface area contributed by atoms with Gasteiger partial charge in [-0.2, -0.15) is 0 Å². The van der Waals surface area contributed by atoms with Crippen LogP contribution in [0.2, 0.25) is 5.02 Å². The molecule has 0 aromatic heterocycles. The highest BCUT2D eigenvalue weighted by molar-refractivity contribution is 6.33. The van der Waals surface area contributed by atoms with Gasteiger partial charge in [-0.3, -0.25) is 4.79 Å². The van der Waals surface area contributed by atoms with Gasteiger partial charge in [-0.15, -0.1) is 0 Å². The smallest absolute Gasteiger partial charge is 0.337 e. The zero-order chi connectivity index (χ0) is 22.2. The van der Waals surface area contributed by atoms with Crippen LogP contribution in [0.25, 0.3) is 11.1 Å². The van der Waals surface area contributed by atoms with E-state index >= 15 is 0 Å². The van der Waals surface area contributed by atoms with Crippen LogP contribution in [0.5, 0.6) is 0 Å². The minimum absolute atomic E-state index is 0.102. The number of benzene rings is 3. The molecule has 162 valence electrons. The predicted molar refractivity (Wildman–Crippen MR) is 125 cm³/mol. The van der Waals surface area contributed by atoms with Crippen molar-refractivity contribution in [3.8, 4) is 11.1 Å². The fourth-order valence-electron chi connectivity index (χ4n) is 4.98. The van der Waals surface area contributed by atoms with Gasteiger partial charge in [0.05, 0.1) is 10.6 Å². The number of aromatic carboxylic acids is 1. The topological polar surface area (TPSA) is 57.6 Å². The van der Waals surface area contributed by atoms with Gasteiger partial charge in [-0.25, -0.2) is 4.79 Å². The lowest BCUT2D eigenvalue weighted by molar-refractivity contribution is 0.0691. The first-order valence-electron chi connectivity index (χ1n) is 11.0. The van der Waals surface area contributed by atoms with Crippen LogP contribution in [-0.4, -0.2) is 27.9 Å². The van der Waals surface area contributed by atoms with E-state index in [0.717, 1.165) is 53.6 Å². The summed E-state index contributed by atoms with van der Waals surface area (Å²) in [5.41, 5.74) is 6.14. The molecule has 3 aromatic rings. The van der Waals surface area contributed by atoms with E-state index in [1.807, 2.05) is 30.3 Å². The van der Waals surface area contributed by atoms with Crippen LogP contribution >= 0.6 is 11.6 Å². The van der Waals surface area contributed by atoms with Crippen molar-refractivity contribution in [2.45, 2.75) is 44.7 Å². The molecular weight excluding hydrogens is 422 g/mol. The summed E-state index contributed by atoms with van der Waals surface area (Å²) < 4.78 is 0. The van der Waals surface area contributed by atoms with E-state index in [2.05, 4.69) is 23.1 Å². The Hall–Kier alpha value is -3.11. The lowest BCUT2D eigenvalue weighted by Gasteiger charge is -2.23. The maximum absolute atomic E-state index is 12.8. The highest BCUT2D eigenvalue weighted by Crippen LogP contribution is 2.33. The fourth-order valence-corrected chi connectivity index (χ4v) is 5.18. The summed E-state index contributed by atoms with van der Waals surface area (Å²) >= 11 is 6.02. The normalized spacial score (nSPS) is 15.9. The number of carboxylic acids is 1. The maximum atomic E-state index is 12.8. The van der Waals surface area contributed by atoms with Crippen molar-refractivity contribution in [2.24, 2.45) is 0 Å². The number of carbonyl (C=O) groups excluding carboxylic acids is 1. The second-order valence-electron chi connectivity index (χ2n) is 8.74. The minimum atomic E-state index is -1.03. The second kappa shape index (κ2) is 8.44. The van der Waals surface area contributed by atoms with E-state index in [4.69, 9.17) is 11.6 Å². The van der Waals surface area contributed by atoms with E-state index in [1.54, 1.807) is 12.1 Å². The third kappa shape index (κ3) is 3.91. The number of hydrogen-bond acceptors (Lipinski definition) is 2. The summed E-state index contributed by atoms with van der Waals surface area (Å²) in [4.78, 5) is 26.3. The summed E-state index contributed by atoms with van der Waals surface area (Å²) in [5.74, 6) is -0.857. The highest BCUT2D eigenvalue weighted by Gasteiger charge is 2.33. The van der Waals surface area contributed by atoms with Crippen LogP contribution in [0.4, 0.5) is 0 Å². The lowest BCUT2D eigenvalue weighted by Crippen LogP contribution is -2.33. The van der Waals surface area contributed by atoms with E-state index < -0.39 is 5.97 Å². The SMILES string of the molecule is O=C(O)c1cc(-c2cccc(Cc3ccc4c(c3)CN(C3CCCC3)C4=O)c2)ccc1Cl. The number of hydrogen-bond donors (Lipinski definition) is 1. The molecule has 3 aromatic carbocycles. The van der Waals surface area contributed by atoms with Gasteiger partial charge in [0.15, 0.2) is 0 Å². The van der Waals surface area contributed by atoms with Crippen LogP contribution in [-0.2, 0) is 13.0 Å². The quantitative estimate of drug-likeness (QED) is 0.509. The number of halogens is 1. The first-order valence-corrected chi connectivity index (χ1v) is 11.4. The number of carboxylic acid groups (broad SMARTS) is 1. The van der Waals surface area contributed by atoms with Gasteiger partial charge in [-0.05, 0) is 65.3 Å². The van der Waals surface area contributed by atoms with Crippen molar-refractivity contribution in [3.05, 3.63) is 93.5 Å². The van der Waals surface area contributed by atoms with E-state index in [-0.39, 0.29) is 16.5 Å². The van der Waals surface area contributed by atoms with E-state index in [0.29, 0.717) is 6.04 Å². The Bertz CT molecular complexity index is 1210. The zero-order valence-corrected chi connectivity index (χ0v) is 18.4. The zero-order valence-electron chi connectivity index (χ0n) is 17.7. The van der Waals surface area contributed by atoms with E-state index in [1.165, 1.54) is 18.4 Å². The van der Waals surface area contributed by atoms with E-state index in [9.17, 15) is 14.7 Å². The lowest BCUT2D eigenvalue weighted by atomic mass is 9.96. The Morgan fingerprint density at radius 3 is 2.50 bits per heavy atom. The Morgan fingerprint density at radius 2 is 1.72 bits per heavy atom. The third-order valence-electron chi connectivity index (χ3n) is 6.63. The van der Waals surface area contributed by atoms with Crippen molar-refractivity contribution < 1.29 is 14.7 Å². The first kappa shape index (κ1) is 20.8. The molecule has 2 aliphatic rings. The largest absolute Gasteiger partial charge is 0.478 e. The molecule has 1 amide bonds. The summed E-state index contributed by atoms with van der Waals surface area (Å²) in [6, 6.07) is 19.8. The molecular formula is C27H24ClNO3. The van der Waals surface area contributed by atoms with Crippen molar-refractivity contribution >= 4 is 23.5 Å². The molecule has 0 bridgehead atoms. The minimum Gasteiger partial charge on any atom is -0.478 e. The molecule has 1 aliphatic carbocycles. The number of carbonyl (C=O) groups is 2. The molecule has 0 saturated heterocycles. The monoisotopic (exact) mass is 445 g/mol. The van der Waals surface area contributed by atoms with Gasteiger partial charge in [0.2, 0.25) is 0 Å². The van der Waals surface area contributed by atoms with Crippen molar-refractivity contribution in [1.29, 1.82) is 0 Å². The summed E-state index contributed by atoms with van der Waals surface area (Å²) in [6.45, 7) is 0.718. The van der Waals surface area contributed by atoms with Gasteiger partial charge in [-0.1, -0.05) is 66.9 Å². The molecule has 0 atom stereocenters. The molecule has 1 saturated carbocycles. The average Bonchev–Trinajstić information content (AvgIpc) is 3.42. The molecule has 0 unspecified atom stereocenters. The highest BCUT2D eigenvalue weighted by atomic mass is 35.5. The standard InChI is InChI=1S/C27H24ClNO3/c28-25-11-9-20(15-24(25)27(31)32)19-5-3-4-17(13-19)12-18-8-10-23-21(14-18)16-29(26(23)30)22-6-1-2-7-22/h3-5,8-11,13-15,22H,1-2,6-7,12,16H2,(H,31,32). The number of rotatable bonds is 5. The van der Waals surface area contributed by atoms with Crippen molar-refractivity contribution in [1.82, 2.24) is 4.90 Å². The molecule has 0 radical (unpaired) electrons. The van der Waals surface area contributed by atoms with Crippen LogP contribution in [0.15, 0.2) is 60.7 Å². The molecule has 1 aliphatic heterocycles. The molecule has 1 N–H and O–H groups in total. The summed E-state index contributed by atoms with van der Waals surface area (Å²) in [5, 5.41) is 9.59. The molecule has 5 rings (SSSR count). The van der Waals surface area contributed by atoms with Crippen molar-refractivity contribution in [3.63, 3.8) is 0 Å². The maximum Gasteiger partial charge on any atom is 0.337 e. The fraction of sp³-hybridized carbons (Fsp3) is 0.259. The molecule has 32 heavy (non-hydrogen) atoms. The summed E-state index contributed by atoms with van der Waals surface area (Å²) in [7, 11) is 0. The Morgan fingerprint density at radius 1 is 0.969 bits per heavy atom. The van der Waals surface area contributed by atoms with Gasteiger partial charge >= 0.3 is 5.97 Å². The molecule has 0 spiro atoms. The predicted octanol–water partition coefficient (Wildman–Crippen LogP) is 6.19. The van der Waals surface area contributed by atoms with Crippen LogP contribution in [0.1, 0.15) is 63.1 Å². The Kier molecular flexibility index (Phi) is 5.48.